The second-order valence-electron chi connectivity index (χ2n) is 12.7. The number of hydrogen-bond acceptors (Lipinski definition) is 8. The fraction of sp³-hybridized carbons (Fsp3) is 0.303. The third-order valence-electron chi connectivity index (χ3n) is 7.84. The Bertz CT molecular complexity index is 1950. The average Bonchev–Trinajstić information content (AvgIpc) is 3.45. The number of thiazole rings is 1. The van der Waals surface area contributed by atoms with Crippen molar-refractivity contribution in [1.29, 1.82) is 0 Å². The van der Waals surface area contributed by atoms with Gasteiger partial charge in [0.05, 0.1) is 5.69 Å². The predicted octanol–water partition coefficient (Wildman–Crippen LogP) is 6.46. The van der Waals surface area contributed by atoms with Crippen molar-refractivity contribution in [2.45, 2.75) is 64.6 Å². The quantitative estimate of drug-likeness (QED) is 0.197. The van der Waals surface area contributed by atoms with Gasteiger partial charge in [0.15, 0.2) is 10.8 Å². The molecule has 1 aliphatic rings. The molecule has 9 nitrogen and oxygen atoms in total. The van der Waals surface area contributed by atoms with Crippen molar-refractivity contribution < 1.29 is 13.6 Å². The summed E-state index contributed by atoms with van der Waals surface area (Å²) < 4.78 is 31.3. The molecular formula is C33H33F2N7O2S. The smallest absolute Gasteiger partial charge is 0.257 e. The Morgan fingerprint density at radius 3 is 2.40 bits per heavy atom. The fourth-order valence-corrected chi connectivity index (χ4v) is 6.91. The molecule has 6 rings (SSSR count). The molecule has 3 aromatic heterocycles. The lowest BCUT2D eigenvalue weighted by atomic mass is 9.80. The number of anilines is 2. The molecule has 1 amide bonds. The van der Waals surface area contributed by atoms with Crippen LogP contribution in [0.15, 0.2) is 64.9 Å². The molecule has 0 unspecified atom stereocenters. The van der Waals surface area contributed by atoms with Gasteiger partial charge in [-0.25, -0.2) is 18.7 Å². The summed E-state index contributed by atoms with van der Waals surface area (Å²) in [5.74, 6) is -1.96. The van der Waals surface area contributed by atoms with E-state index in [1.54, 1.807) is 35.8 Å². The largest absolute Gasteiger partial charge is 0.351 e. The Labute approximate surface area is 262 Å². The summed E-state index contributed by atoms with van der Waals surface area (Å²) in [5, 5.41) is 12.5. The molecule has 0 radical (unpaired) electrons. The number of aromatic nitrogens is 4. The number of nitrogens with one attached hydrogen (secondary N) is 3. The second kappa shape index (κ2) is 11.4. The molecule has 1 aliphatic heterocycles. The Balaban J connectivity index is 1.56. The van der Waals surface area contributed by atoms with E-state index < -0.39 is 22.9 Å². The first kappa shape index (κ1) is 30.5. The number of halogens is 2. The Kier molecular flexibility index (Phi) is 7.74. The number of piperidine rings is 1. The zero-order valence-corrected chi connectivity index (χ0v) is 26.4. The summed E-state index contributed by atoms with van der Waals surface area (Å²) in [6.45, 7) is 10.4. The van der Waals surface area contributed by atoms with Crippen LogP contribution in [0.5, 0.6) is 0 Å². The zero-order valence-electron chi connectivity index (χ0n) is 25.5. The van der Waals surface area contributed by atoms with E-state index in [9.17, 15) is 9.59 Å². The number of rotatable bonds is 6. The molecule has 5 aromatic rings. The van der Waals surface area contributed by atoms with Crippen LogP contribution >= 0.6 is 11.3 Å². The fourth-order valence-electron chi connectivity index (χ4n) is 6.38. The highest BCUT2D eigenvalue weighted by atomic mass is 32.1. The van der Waals surface area contributed by atoms with E-state index in [1.807, 2.05) is 6.92 Å². The Hall–Kier alpha value is -4.55. The molecule has 1 saturated heterocycles. The van der Waals surface area contributed by atoms with Gasteiger partial charge in [-0.05, 0) is 83.4 Å². The molecular weight excluding hydrogens is 596 g/mol. The SMILES string of the molecule is Cc1ccc(C(=O)Nc2nccs2)cc1-c1nc(NC2CC(C)(C)NC(C)(C)C2)nc2c1ccc(=O)n2-c1c(F)cccc1F. The normalized spacial score (nSPS) is 16.1. The van der Waals surface area contributed by atoms with Crippen LogP contribution < -0.4 is 21.5 Å². The van der Waals surface area contributed by atoms with Crippen molar-refractivity contribution in [2.75, 3.05) is 10.6 Å². The summed E-state index contributed by atoms with van der Waals surface area (Å²) in [6, 6.07) is 11.4. The molecule has 0 spiro atoms. The number of benzene rings is 2. The highest BCUT2D eigenvalue weighted by Crippen LogP contribution is 2.34. The lowest BCUT2D eigenvalue weighted by Gasteiger charge is -2.46. The first-order valence-electron chi connectivity index (χ1n) is 14.6. The van der Waals surface area contributed by atoms with Crippen LogP contribution in [0.1, 0.15) is 56.5 Å². The number of carbonyl (C=O) groups excluding carboxylic acids is 1. The molecule has 0 saturated carbocycles. The van der Waals surface area contributed by atoms with Crippen molar-refractivity contribution in [2.24, 2.45) is 0 Å². The van der Waals surface area contributed by atoms with Crippen molar-refractivity contribution in [3.05, 3.63) is 93.2 Å². The van der Waals surface area contributed by atoms with E-state index in [0.29, 0.717) is 27.3 Å². The van der Waals surface area contributed by atoms with E-state index >= 15 is 8.78 Å². The monoisotopic (exact) mass is 629 g/mol. The standard InChI is InChI=1S/C33H33F2N7O2S/c1-18-9-10-19(29(44)40-31-36-13-14-45-31)15-22(18)26-21-11-12-25(43)42(27-23(34)7-6-8-24(27)35)28(21)39-30(38-26)37-20-16-32(2,3)41-33(4,5)17-20/h6-15,20,41H,16-17H2,1-5H3,(H,36,40,44)(H,37,38,39). The third kappa shape index (κ3) is 6.20. The molecule has 1 fully saturated rings. The summed E-state index contributed by atoms with van der Waals surface area (Å²) >= 11 is 1.30. The number of para-hydroxylation sites is 1. The number of hydrogen-bond donors (Lipinski definition) is 3. The maximum Gasteiger partial charge on any atom is 0.257 e. The minimum atomic E-state index is -0.904. The molecule has 3 N–H and O–H groups in total. The molecule has 4 heterocycles. The van der Waals surface area contributed by atoms with Crippen molar-refractivity contribution in [1.82, 2.24) is 24.8 Å². The Morgan fingerprint density at radius 1 is 1.02 bits per heavy atom. The summed E-state index contributed by atoms with van der Waals surface area (Å²) in [5.41, 5.74) is 0.641. The molecule has 45 heavy (non-hydrogen) atoms. The predicted molar refractivity (Wildman–Crippen MR) is 173 cm³/mol. The summed E-state index contributed by atoms with van der Waals surface area (Å²) in [4.78, 5) is 40.2. The lowest BCUT2D eigenvalue weighted by Crippen LogP contribution is -2.60. The van der Waals surface area contributed by atoms with Crippen molar-refractivity contribution in [3.63, 3.8) is 0 Å². The van der Waals surface area contributed by atoms with Gasteiger partial charge in [-0.3, -0.25) is 19.5 Å². The molecule has 0 atom stereocenters. The second-order valence-corrected chi connectivity index (χ2v) is 13.6. The van der Waals surface area contributed by atoms with Crippen LogP contribution in [0, 0.1) is 18.6 Å². The molecule has 12 heteroatoms. The molecule has 232 valence electrons. The molecule has 0 bridgehead atoms. The topological polar surface area (TPSA) is 114 Å². The van der Waals surface area contributed by atoms with E-state index in [1.165, 1.54) is 23.5 Å². The highest BCUT2D eigenvalue weighted by Gasteiger charge is 2.38. The van der Waals surface area contributed by atoms with Gasteiger partial charge in [0.1, 0.15) is 17.3 Å². The van der Waals surface area contributed by atoms with Gasteiger partial charge >= 0.3 is 0 Å². The number of pyridine rings is 1. The number of nitrogens with zero attached hydrogens (tertiary/aromatic N) is 4. The van der Waals surface area contributed by atoms with Gasteiger partial charge in [0, 0.05) is 51.3 Å². The average molecular weight is 630 g/mol. The number of amides is 1. The van der Waals surface area contributed by atoms with Gasteiger partial charge < -0.3 is 10.6 Å². The van der Waals surface area contributed by atoms with Gasteiger partial charge in [0.2, 0.25) is 5.95 Å². The lowest BCUT2D eigenvalue weighted by molar-refractivity contribution is 0.102. The Morgan fingerprint density at radius 2 is 1.73 bits per heavy atom. The van der Waals surface area contributed by atoms with Crippen LogP contribution in [0.3, 0.4) is 0 Å². The van der Waals surface area contributed by atoms with E-state index in [-0.39, 0.29) is 34.6 Å². The van der Waals surface area contributed by atoms with Gasteiger partial charge in [-0.1, -0.05) is 12.1 Å². The minimum absolute atomic E-state index is 0.0310. The van der Waals surface area contributed by atoms with Crippen LogP contribution in [0.2, 0.25) is 0 Å². The van der Waals surface area contributed by atoms with Crippen LogP contribution in [0.4, 0.5) is 19.9 Å². The van der Waals surface area contributed by atoms with E-state index in [0.717, 1.165) is 35.1 Å². The number of carbonyl (C=O) groups is 1. The van der Waals surface area contributed by atoms with Gasteiger partial charge in [-0.2, -0.15) is 4.98 Å². The highest BCUT2D eigenvalue weighted by molar-refractivity contribution is 7.13. The maximum absolute atomic E-state index is 15.2. The number of fused-ring (bicyclic) bond motifs is 1. The first-order chi connectivity index (χ1) is 21.3. The summed E-state index contributed by atoms with van der Waals surface area (Å²) in [6.07, 6.45) is 3.11. The zero-order chi connectivity index (χ0) is 32.1. The van der Waals surface area contributed by atoms with Crippen LogP contribution in [0.25, 0.3) is 28.0 Å². The van der Waals surface area contributed by atoms with Crippen LogP contribution in [-0.4, -0.2) is 42.5 Å². The first-order valence-corrected chi connectivity index (χ1v) is 15.4. The summed E-state index contributed by atoms with van der Waals surface area (Å²) in [7, 11) is 0. The van der Waals surface area contributed by atoms with Crippen molar-refractivity contribution in [3.8, 4) is 16.9 Å². The minimum Gasteiger partial charge on any atom is -0.351 e. The van der Waals surface area contributed by atoms with E-state index in [2.05, 4.69) is 48.6 Å². The van der Waals surface area contributed by atoms with Crippen molar-refractivity contribution >= 4 is 39.4 Å². The molecule has 2 aromatic carbocycles. The van der Waals surface area contributed by atoms with Gasteiger partial charge in [0.25, 0.3) is 11.5 Å². The van der Waals surface area contributed by atoms with Gasteiger partial charge in [-0.15, -0.1) is 11.3 Å². The number of aryl methyl sites for hydroxylation is 1. The van der Waals surface area contributed by atoms with Crippen LogP contribution in [-0.2, 0) is 0 Å². The third-order valence-corrected chi connectivity index (χ3v) is 8.53. The molecule has 0 aliphatic carbocycles. The van der Waals surface area contributed by atoms with E-state index in [4.69, 9.17) is 9.97 Å². The maximum atomic E-state index is 15.2.